The van der Waals surface area contributed by atoms with Gasteiger partial charge in [-0.05, 0) is 41.8 Å². The molecular formula is C18H20ClFN2O. The van der Waals surface area contributed by atoms with Gasteiger partial charge in [-0.3, -0.25) is 4.79 Å². The number of amides is 1. The van der Waals surface area contributed by atoms with E-state index in [1.807, 2.05) is 12.1 Å². The number of carbonyl (C=O) groups is 1. The zero-order valence-electron chi connectivity index (χ0n) is 12.7. The number of benzene rings is 2. The SMILES string of the molecule is Cl.O=C(Cc1cccc(F)c1)NCC1NCCc2ccccc21. The lowest BCUT2D eigenvalue weighted by atomic mass is 9.94. The van der Waals surface area contributed by atoms with E-state index < -0.39 is 0 Å². The van der Waals surface area contributed by atoms with E-state index in [1.54, 1.807) is 12.1 Å². The third-order valence-corrected chi connectivity index (χ3v) is 3.97. The number of nitrogens with one attached hydrogen (secondary N) is 2. The van der Waals surface area contributed by atoms with E-state index in [4.69, 9.17) is 0 Å². The second-order valence-electron chi connectivity index (χ2n) is 5.57. The molecule has 5 heteroatoms. The third-order valence-electron chi connectivity index (χ3n) is 3.97. The molecule has 0 saturated heterocycles. The lowest BCUT2D eigenvalue weighted by molar-refractivity contribution is -0.120. The van der Waals surface area contributed by atoms with Crippen LogP contribution < -0.4 is 10.6 Å². The maximum Gasteiger partial charge on any atom is 0.224 e. The molecule has 1 heterocycles. The van der Waals surface area contributed by atoms with Crippen molar-refractivity contribution in [2.45, 2.75) is 18.9 Å². The lowest BCUT2D eigenvalue weighted by Crippen LogP contribution is -2.39. The summed E-state index contributed by atoms with van der Waals surface area (Å²) in [5.41, 5.74) is 3.28. The Labute approximate surface area is 141 Å². The maximum absolute atomic E-state index is 13.1. The second kappa shape index (κ2) is 8.09. The first-order valence-electron chi connectivity index (χ1n) is 7.55. The zero-order valence-corrected chi connectivity index (χ0v) is 13.5. The third kappa shape index (κ3) is 4.53. The van der Waals surface area contributed by atoms with Crippen molar-refractivity contribution in [3.05, 3.63) is 71.0 Å². The summed E-state index contributed by atoms with van der Waals surface area (Å²) in [6.07, 6.45) is 1.22. The predicted octanol–water partition coefficient (Wildman–Crippen LogP) is 2.79. The fourth-order valence-electron chi connectivity index (χ4n) is 2.89. The van der Waals surface area contributed by atoms with Gasteiger partial charge in [0.15, 0.2) is 0 Å². The fraction of sp³-hybridized carbons (Fsp3) is 0.278. The molecule has 3 rings (SSSR count). The lowest BCUT2D eigenvalue weighted by Gasteiger charge is -2.27. The Morgan fingerprint density at radius 2 is 2.04 bits per heavy atom. The molecule has 3 nitrogen and oxygen atoms in total. The van der Waals surface area contributed by atoms with E-state index in [1.165, 1.54) is 23.3 Å². The van der Waals surface area contributed by atoms with Crippen LogP contribution >= 0.6 is 12.4 Å². The van der Waals surface area contributed by atoms with Crippen LogP contribution in [0.3, 0.4) is 0 Å². The summed E-state index contributed by atoms with van der Waals surface area (Å²) in [6.45, 7) is 1.46. The molecule has 2 aromatic carbocycles. The largest absolute Gasteiger partial charge is 0.354 e. The Balaban J connectivity index is 0.00000192. The second-order valence-corrected chi connectivity index (χ2v) is 5.57. The highest BCUT2D eigenvalue weighted by molar-refractivity contribution is 5.85. The topological polar surface area (TPSA) is 41.1 Å². The number of hydrogen-bond donors (Lipinski definition) is 2. The van der Waals surface area contributed by atoms with Crippen LogP contribution in [0.2, 0.25) is 0 Å². The summed E-state index contributed by atoms with van der Waals surface area (Å²) >= 11 is 0. The summed E-state index contributed by atoms with van der Waals surface area (Å²) in [6, 6.07) is 14.6. The van der Waals surface area contributed by atoms with E-state index >= 15 is 0 Å². The van der Waals surface area contributed by atoms with Crippen molar-refractivity contribution >= 4 is 18.3 Å². The summed E-state index contributed by atoms with van der Waals surface area (Å²) in [5, 5.41) is 6.37. The molecular weight excluding hydrogens is 315 g/mol. The molecule has 1 aliphatic heterocycles. The summed E-state index contributed by atoms with van der Waals surface area (Å²) in [4.78, 5) is 12.0. The normalized spacial score (nSPS) is 16.1. The van der Waals surface area contributed by atoms with Crippen molar-refractivity contribution in [3.8, 4) is 0 Å². The van der Waals surface area contributed by atoms with Crippen LogP contribution in [-0.4, -0.2) is 19.0 Å². The van der Waals surface area contributed by atoms with Gasteiger partial charge in [-0.2, -0.15) is 0 Å². The van der Waals surface area contributed by atoms with E-state index in [2.05, 4.69) is 22.8 Å². The van der Waals surface area contributed by atoms with Crippen LogP contribution in [0.4, 0.5) is 4.39 Å². The molecule has 1 unspecified atom stereocenters. The number of halogens is 2. The molecule has 23 heavy (non-hydrogen) atoms. The average molecular weight is 335 g/mol. The molecule has 2 N–H and O–H groups in total. The Morgan fingerprint density at radius 1 is 1.22 bits per heavy atom. The summed E-state index contributed by atoms with van der Waals surface area (Å²) in [7, 11) is 0. The van der Waals surface area contributed by atoms with Crippen molar-refractivity contribution in [1.29, 1.82) is 0 Å². The Morgan fingerprint density at radius 3 is 2.87 bits per heavy atom. The van der Waals surface area contributed by atoms with Gasteiger partial charge in [0.1, 0.15) is 5.82 Å². The Kier molecular flexibility index (Phi) is 6.13. The molecule has 0 radical (unpaired) electrons. The van der Waals surface area contributed by atoms with Crippen LogP contribution in [0, 0.1) is 5.82 Å². The van der Waals surface area contributed by atoms with Gasteiger partial charge in [-0.1, -0.05) is 36.4 Å². The predicted molar refractivity (Wildman–Crippen MR) is 91.3 cm³/mol. The molecule has 0 spiro atoms. The first-order chi connectivity index (χ1) is 10.7. The maximum atomic E-state index is 13.1. The highest BCUT2D eigenvalue weighted by Crippen LogP contribution is 2.21. The quantitative estimate of drug-likeness (QED) is 0.902. The standard InChI is InChI=1S/C18H19FN2O.ClH/c19-15-6-3-4-13(10-15)11-18(22)21-12-17-16-7-2-1-5-14(16)8-9-20-17;/h1-7,10,17,20H,8-9,11-12H2,(H,21,22);1H. The van der Waals surface area contributed by atoms with E-state index in [0.717, 1.165) is 13.0 Å². The van der Waals surface area contributed by atoms with E-state index in [-0.39, 0.29) is 36.6 Å². The van der Waals surface area contributed by atoms with Crippen LogP contribution in [0.5, 0.6) is 0 Å². The van der Waals surface area contributed by atoms with Crippen LogP contribution in [0.15, 0.2) is 48.5 Å². The molecule has 0 bridgehead atoms. The van der Waals surface area contributed by atoms with Crippen molar-refractivity contribution in [2.75, 3.05) is 13.1 Å². The molecule has 0 fully saturated rings. The van der Waals surface area contributed by atoms with Gasteiger partial charge in [0.2, 0.25) is 5.91 Å². The number of rotatable bonds is 4. The number of carbonyl (C=O) groups excluding carboxylic acids is 1. The van der Waals surface area contributed by atoms with E-state index in [9.17, 15) is 9.18 Å². The molecule has 0 aliphatic carbocycles. The van der Waals surface area contributed by atoms with Gasteiger partial charge in [0.05, 0.1) is 6.42 Å². The van der Waals surface area contributed by atoms with Crippen molar-refractivity contribution < 1.29 is 9.18 Å². The minimum atomic E-state index is -0.312. The first-order valence-corrected chi connectivity index (χ1v) is 7.55. The molecule has 1 amide bonds. The van der Waals surface area contributed by atoms with Gasteiger partial charge in [0, 0.05) is 12.6 Å². The first kappa shape index (κ1) is 17.4. The molecule has 1 atom stereocenters. The minimum Gasteiger partial charge on any atom is -0.354 e. The summed E-state index contributed by atoms with van der Waals surface area (Å²) in [5.74, 6) is -0.399. The van der Waals surface area contributed by atoms with Crippen LogP contribution in [0.25, 0.3) is 0 Å². The Hall–Kier alpha value is -1.91. The van der Waals surface area contributed by atoms with Crippen LogP contribution in [0.1, 0.15) is 22.7 Å². The van der Waals surface area contributed by atoms with Gasteiger partial charge < -0.3 is 10.6 Å². The van der Waals surface area contributed by atoms with Crippen molar-refractivity contribution in [3.63, 3.8) is 0 Å². The minimum absolute atomic E-state index is 0. The molecule has 2 aromatic rings. The number of fused-ring (bicyclic) bond motifs is 1. The molecule has 0 saturated carbocycles. The van der Waals surface area contributed by atoms with Gasteiger partial charge in [0.25, 0.3) is 0 Å². The molecule has 1 aliphatic rings. The van der Waals surface area contributed by atoms with Crippen molar-refractivity contribution in [1.82, 2.24) is 10.6 Å². The number of hydrogen-bond acceptors (Lipinski definition) is 2. The van der Waals surface area contributed by atoms with Gasteiger partial charge >= 0.3 is 0 Å². The highest BCUT2D eigenvalue weighted by Gasteiger charge is 2.19. The van der Waals surface area contributed by atoms with Gasteiger partial charge in [-0.25, -0.2) is 4.39 Å². The average Bonchev–Trinajstić information content (AvgIpc) is 2.53. The van der Waals surface area contributed by atoms with E-state index in [0.29, 0.717) is 12.1 Å². The smallest absolute Gasteiger partial charge is 0.224 e. The highest BCUT2D eigenvalue weighted by atomic mass is 35.5. The molecule has 122 valence electrons. The fourth-order valence-corrected chi connectivity index (χ4v) is 2.89. The van der Waals surface area contributed by atoms with Crippen molar-refractivity contribution in [2.24, 2.45) is 0 Å². The zero-order chi connectivity index (χ0) is 15.4. The Bertz CT molecular complexity index is 678. The van der Waals surface area contributed by atoms with Gasteiger partial charge in [-0.15, -0.1) is 12.4 Å². The molecule has 0 aromatic heterocycles. The summed E-state index contributed by atoms with van der Waals surface area (Å²) < 4.78 is 13.1. The van der Waals surface area contributed by atoms with Crippen LogP contribution in [-0.2, 0) is 17.6 Å². The monoisotopic (exact) mass is 334 g/mol.